The molecule has 5 nitrogen and oxygen atoms in total. The lowest BCUT2D eigenvalue weighted by Gasteiger charge is -2.42. The Balaban J connectivity index is 2.92. The van der Waals surface area contributed by atoms with Crippen LogP contribution in [-0.2, 0) is 9.59 Å². The van der Waals surface area contributed by atoms with Crippen molar-refractivity contribution in [1.29, 1.82) is 0 Å². The first kappa shape index (κ1) is 16.0. The predicted octanol–water partition coefficient (Wildman–Crippen LogP) is 0.864. The van der Waals surface area contributed by atoms with Crippen molar-refractivity contribution in [2.45, 2.75) is 52.5 Å². The van der Waals surface area contributed by atoms with Gasteiger partial charge in [0.15, 0.2) is 0 Å². The maximum atomic E-state index is 12.8. The van der Waals surface area contributed by atoms with Gasteiger partial charge in [0.1, 0.15) is 0 Å². The van der Waals surface area contributed by atoms with Crippen LogP contribution in [0.4, 0.5) is 0 Å². The number of amides is 2. The molecule has 2 atom stereocenters. The summed E-state index contributed by atoms with van der Waals surface area (Å²) in [6.45, 7) is 6.81. The quantitative estimate of drug-likeness (QED) is 0.776. The SMILES string of the molecule is CCC(CC)(CN)C(=O)N1CC(C(N)=O)CCC1C. The molecule has 2 amide bonds. The Kier molecular flexibility index (Phi) is 5.35. The summed E-state index contributed by atoms with van der Waals surface area (Å²) in [5, 5.41) is 0. The Morgan fingerprint density at radius 3 is 2.26 bits per heavy atom. The van der Waals surface area contributed by atoms with Crippen molar-refractivity contribution in [1.82, 2.24) is 4.90 Å². The number of nitrogens with zero attached hydrogens (tertiary/aromatic N) is 1. The van der Waals surface area contributed by atoms with Crippen LogP contribution >= 0.6 is 0 Å². The van der Waals surface area contributed by atoms with Crippen LogP contribution in [0.5, 0.6) is 0 Å². The second kappa shape index (κ2) is 6.37. The maximum Gasteiger partial charge on any atom is 0.230 e. The summed E-state index contributed by atoms with van der Waals surface area (Å²) in [6.07, 6.45) is 3.05. The molecule has 0 bridgehead atoms. The summed E-state index contributed by atoms with van der Waals surface area (Å²) in [5.41, 5.74) is 10.7. The smallest absolute Gasteiger partial charge is 0.230 e. The van der Waals surface area contributed by atoms with Crippen molar-refractivity contribution in [2.75, 3.05) is 13.1 Å². The summed E-state index contributed by atoms with van der Waals surface area (Å²) in [4.78, 5) is 26.0. The van der Waals surface area contributed by atoms with E-state index in [4.69, 9.17) is 11.5 Å². The lowest BCUT2D eigenvalue weighted by atomic mass is 9.79. The molecule has 110 valence electrons. The molecule has 1 rings (SSSR count). The van der Waals surface area contributed by atoms with Crippen LogP contribution in [0.25, 0.3) is 0 Å². The zero-order valence-corrected chi connectivity index (χ0v) is 12.3. The van der Waals surface area contributed by atoms with E-state index in [9.17, 15) is 9.59 Å². The van der Waals surface area contributed by atoms with Gasteiger partial charge < -0.3 is 16.4 Å². The maximum absolute atomic E-state index is 12.8. The highest BCUT2D eigenvalue weighted by Gasteiger charge is 2.41. The number of likely N-dealkylation sites (tertiary alicyclic amines) is 1. The number of primary amides is 1. The third-order valence-corrected chi connectivity index (χ3v) is 4.74. The minimum absolute atomic E-state index is 0.0819. The Morgan fingerprint density at radius 2 is 1.84 bits per heavy atom. The van der Waals surface area contributed by atoms with Crippen LogP contribution in [0, 0.1) is 11.3 Å². The zero-order chi connectivity index (χ0) is 14.6. The van der Waals surface area contributed by atoms with E-state index in [1.54, 1.807) is 0 Å². The fourth-order valence-corrected chi connectivity index (χ4v) is 2.86. The number of hydrogen-bond donors (Lipinski definition) is 2. The molecule has 1 fully saturated rings. The largest absolute Gasteiger partial charge is 0.369 e. The molecule has 1 heterocycles. The molecule has 5 heteroatoms. The van der Waals surface area contributed by atoms with Gasteiger partial charge in [-0.2, -0.15) is 0 Å². The van der Waals surface area contributed by atoms with E-state index in [0.29, 0.717) is 13.1 Å². The molecule has 0 radical (unpaired) electrons. The number of rotatable bonds is 5. The molecule has 2 unspecified atom stereocenters. The van der Waals surface area contributed by atoms with Crippen molar-refractivity contribution in [2.24, 2.45) is 22.8 Å². The molecule has 1 aliphatic rings. The Bertz CT molecular complexity index is 331. The third-order valence-electron chi connectivity index (χ3n) is 4.74. The van der Waals surface area contributed by atoms with E-state index in [0.717, 1.165) is 25.7 Å². The van der Waals surface area contributed by atoms with Gasteiger partial charge in [-0.25, -0.2) is 0 Å². The minimum Gasteiger partial charge on any atom is -0.369 e. The third kappa shape index (κ3) is 3.08. The van der Waals surface area contributed by atoms with Crippen LogP contribution in [0.2, 0.25) is 0 Å². The van der Waals surface area contributed by atoms with Gasteiger partial charge in [0.05, 0.1) is 11.3 Å². The molecule has 4 N–H and O–H groups in total. The predicted molar refractivity (Wildman–Crippen MR) is 75.2 cm³/mol. The average Bonchev–Trinajstić information content (AvgIpc) is 2.41. The summed E-state index contributed by atoms with van der Waals surface area (Å²) >= 11 is 0. The van der Waals surface area contributed by atoms with E-state index in [-0.39, 0.29) is 23.8 Å². The summed E-state index contributed by atoms with van der Waals surface area (Å²) in [5.74, 6) is -0.446. The van der Waals surface area contributed by atoms with Gasteiger partial charge in [-0.05, 0) is 32.6 Å². The molecular weight excluding hydrogens is 242 g/mol. The van der Waals surface area contributed by atoms with Gasteiger partial charge in [0, 0.05) is 19.1 Å². The molecule has 0 aromatic heterocycles. The number of hydrogen-bond acceptors (Lipinski definition) is 3. The molecule has 0 aliphatic carbocycles. The highest BCUT2D eigenvalue weighted by Crippen LogP contribution is 2.32. The van der Waals surface area contributed by atoms with Crippen LogP contribution in [0.1, 0.15) is 46.5 Å². The lowest BCUT2D eigenvalue weighted by Crippen LogP contribution is -2.55. The van der Waals surface area contributed by atoms with Crippen molar-refractivity contribution < 1.29 is 9.59 Å². The van der Waals surface area contributed by atoms with Crippen LogP contribution in [0.3, 0.4) is 0 Å². The summed E-state index contributed by atoms with van der Waals surface area (Å²) in [7, 11) is 0. The van der Waals surface area contributed by atoms with Gasteiger partial charge in [0.2, 0.25) is 11.8 Å². The number of carbonyl (C=O) groups excluding carboxylic acids is 2. The Labute approximate surface area is 115 Å². The van der Waals surface area contributed by atoms with E-state index < -0.39 is 5.41 Å². The van der Waals surface area contributed by atoms with Crippen LogP contribution < -0.4 is 11.5 Å². The van der Waals surface area contributed by atoms with Gasteiger partial charge in [-0.1, -0.05) is 13.8 Å². The molecular formula is C14H27N3O2. The first-order valence-electron chi connectivity index (χ1n) is 7.22. The van der Waals surface area contributed by atoms with E-state index in [2.05, 4.69) is 0 Å². The first-order chi connectivity index (χ1) is 8.91. The summed E-state index contributed by atoms with van der Waals surface area (Å²) < 4.78 is 0. The van der Waals surface area contributed by atoms with Crippen LogP contribution in [-0.4, -0.2) is 35.8 Å². The number of carbonyl (C=O) groups is 2. The van der Waals surface area contributed by atoms with E-state index in [1.165, 1.54) is 0 Å². The first-order valence-corrected chi connectivity index (χ1v) is 7.22. The molecule has 0 saturated carbocycles. The highest BCUT2D eigenvalue weighted by atomic mass is 16.2. The molecule has 1 saturated heterocycles. The summed E-state index contributed by atoms with van der Waals surface area (Å²) in [6, 6.07) is 0.159. The highest BCUT2D eigenvalue weighted by molar-refractivity contribution is 5.84. The standard InChI is InChI=1S/C14H27N3O2/c1-4-14(5-2,9-15)13(19)17-8-11(12(16)18)7-6-10(17)3/h10-11H,4-9,15H2,1-3H3,(H2,16,18). The Morgan fingerprint density at radius 1 is 1.26 bits per heavy atom. The molecule has 0 aromatic carbocycles. The zero-order valence-electron chi connectivity index (χ0n) is 12.3. The molecule has 0 aromatic rings. The van der Waals surface area contributed by atoms with Gasteiger partial charge in [-0.15, -0.1) is 0 Å². The van der Waals surface area contributed by atoms with E-state index >= 15 is 0 Å². The lowest BCUT2D eigenvalue weighted by molar-refractivity contribution is -0.147. The van der Waals surface area contributed by atoms with Gasteiger partial charge in [-0.3, -0.25) is 9.59 Å². The van der Waals surface area contributed by atoms with E-state index in [1.807, 2.05) is 25.7 Å². The van der Waals surface area contributed by atoms with Crippen molar-refractivity contribution in [3.63, 3.8) is 0 Å². The monoisotopic (exact) mass is 269 g/mol. The molecule has 0 spiro atoms. The second-order valence-corrected chi connectivity index (χ2v) is 5.67. The topological polar surface area (TPSA) is 89.4 Å². The normalized spacial score (nSPS) is 24.3. The second-order valence-electron chi connectivity index (χ2n) is 5.67. The minimum atomic E-state index is -0.492. The fraction of sp³-hybridized carbons (Fsp3) is 0.857. The number of piperidine rings is 1. The fourth-order valence-electron chi connectivity index (χ4n) is 2.86. The van der Waals surface area contributed by atoms with Crippen molar-refractivity contribution in [3.05, 3.63) is 0 Å². The molecule has 1 aliphatic heterocycles. The Hall–Kier alpha value is -1.10. The van der Waals surface area contributed by atoms with Gasteiger partial charge in [0.25, 0.3) is 0 Å². The van der Waals surface area contributed by atoms with Gasteiger partial charge >= 0.3 is 0 Å². The number of nitrogens with two attached hydrogens (primary N) is 2. The average molecular weight is 269 g/mol. The molecule has 19 heavy (non-hydrogen) atoms. The van der Waals surface area contributed by atoms with Crippen molar-refractivity contribution >= 4 is 11.8 Å². The van der Waals surface area contributed by atoms with Crippen LogP contribution in [0.15, 0.2) is 0 Å². The van der Waals surface area contributed by atoms with Crippen molar-refractivity contribution in [3.8, 4) is 0 Å².